The first-order valence-corrected chi connectivity index (χ1v) is 10.8. The molecule has 12 heteroatoms. The number of aliphatic hydroxyl groups is 1. The fourth-order valence-electron chi connectivity index (χ4n) is 3.50. The van der Waals surface area contributed by atoms with Gasteiger partial charge in [-0.3, -0.25) is 4.57 Å². The van der Waals surface area contributed by atoms with Crippen molar-refractivity contribution in [1.82, 2.24) is 19.9 Å². The summed E-state index contributed by atoms with van der Waals surface area (Å²) >= 11 is 0. The zero-order chi connectivity index (χ0) is 25.7. The number of aromatic nitrogens is 3. The number of nitrogens with one attached hydrogen (secondary N) is 2. The molecule has 2 aromatic carbocycles. The van der Waals surface area contributed by atoms with Crippen molar-refractivity contribution in [2.24, 2.45) is 0 Å². The van der Waals surface area contributed by atoms with E-state index in [1.54, 1.807) is 30.3 Å². The molecule has 188 valence electrons. The first-order valence-electron chi connectivity index (χ1n) is 10.8. The van der Waals surface area contributed by atoms with Gasteiger partial charge in [0, 0.05) is 36.4 Å². The molecule has 0 fully saturated rings. The Bertz CT molecular complexity index is 1370. The Labute approximate surface area is 203 Å². The second-order valence-corrected chi connectivity index (χ2v) is 7.60. The molecule has 0 aliphatic carbocycles. The highest BCUT2D eigenvalue weighted by Crippen LogP contribution is 2.37. The highest BCUT2D eigenvalue weighted by atomic mass is 19.4. The average Bonchev–Trinajstić information content (AvgIpc) is 3.27. The lowest BCUT2D eigenvalue weighted by Crippen LogP contribution is -2.19. The van der Waals surface area contributed by atoms with E-state index in [1.807, 2.05) is 0 Å². The van der Waals surface area contributed by atoms with Crippen LogP contribution in [0.3, 0.4) is 0 Å². The van der Waals surface area contributed by atoms with E-state index >= 15 is 0 Å². The normalized spacial score (nSPS) is 11.5. The minimum absolute atomic E-state index is 0.0147. The molecule has 4 rings (SSSR count). The average molecular weight is 501 g/mol. The number of anilines is 1. The van der Waals surface area contributed by atoms with Crippen LogP contribution in [-0.2, 0) is 12.7 Å². The lowest BCUT2D eigenvalue weighted by Gasteiger charge is -2.14. The number of carbonyl (C=O) groups excluding carboxylic acids is 1. The summed E-state index contributed by atoms with van der Waals surface area (Å²) in [6.07, 6.45) is -1.76. The molecular formula is C24H22F3N5O4. The van der Waals surface area contributed by atoms with Crippen LogP contribution in [0.1, 0.15) is 11.3 Å². The number of rotatable bonds is 8. The van der Waals surface area contributed by atoms with Crippen molar-refractivity contribution in [1.29, 1.82) is 0 Å². The van der Waals surface area contributed by atoms with Crippen molar-refractivity contribution >= 4 is 22.6 Å². The van der Waals surface area contributed by atoms with Gasteiger partial charge >= 0.3 is 12.2 Å². The van der Waals surface area contributed by atoms with Gasteiger partial charge in [-0.15, -0.1) is 0 Å². The van der Waals surface area contributed by atoms with Crippen LogP contribution in [0.25, 0.3) is 10.9 Å². The Hall–Kier alpha value is -4.16. The van der Waals surface area contributed by atoms with Crippen molar-refractivity contribution < 1.29 is 32.5 Å². The lowest BCUT2D eigenvalue weighted by molar-refractivity contribution is -0.138. The van der Waals surface area contributed by atoms with E-state index < -0.39 is 17.8 Å². The van der Waals surface area contributed by atoms with Crippen LogP contribution in [0, 0.1) is 0 Å². The van der Waals surface area contributed by atoms with Gasteiger partial charge in [0.25, 0.3) is 0 Å². The number of nitrogens with zero attached hydrogens (tertiary/aromatic N) is 3. The summed E-state index contributed by atoms with van der Waals surface area (Å²) in [5, 5.41) is 15.0. The van der Waals surface area contributed by atoms with Crippen LogP contribution >= 0.6 is 0 Å². The lowest BCUT2D eigenvalue weighted by atomic mass is 10.1. The first kappa shape index (κ1) is 24.9. The van der Waals surface area contributed by atoms with Crippen LogP contribution in [0.15, 0.2) is 61.1 Å². The summed E-state index contributed by atoms with van der Waals surface area (Å²) in [5.74, 6) is 0.456. The predicted molar refractivity (Wildman–Crippen MR) is 125 cm³/mol. The predicted octanol–water partition coefficient (Wildman–Crippen LogP) is 4.41. The number of fused-ring (bicyclic) bond motifs is 1. The van der Waals surface area contributed by atoms with Gasteiger partial charge in [0.1, 0.15) is 17.8 Å². The summed E-state index contributed by atoms with van der Waals surface area (Å²) in [6.45, 7) is 0.888. The van der Waals surface area contributed by atoms with E-state index in [1.165, 1.54) is 23.2 Å². The molecule has 0 aliphatic rings. The van der Waals surface area contributed by atoms with E-state index in [2.05, 4.69) is 20.6 Å². The van der Waals surface area contributed by atoms with E-state index in [4.69, 9.17) is 14.6 Å². The monoisotopic (exact) mass is 501 g/mol. The van der Waals surface area contributed by atoms with Gasteiger partial charge in [-0.2, -0.15) is 13.2 Å². The fourth-order valence-corrected chi connectivity index (χ4v) is 3.50. The van der Waals surface area contributed by atoms with Gasteiger partial charge in [-0.05, 0) is 42.5 Å². The van der Waals surface area contributed by atoms with Crippen molar-refractivity contribution in [3.05, 3.63) is 72.3 Å². The van der Waals surface area contributed by atoms with Gasteiger partial charge in [-0.25, -0.2) is 14.8 Å². The van der Waals surface area contributed by atoms with Gasteiger partial charge in [-0.1, -0.05) is 0 Å². The molecule has 0 unspecified atom stereocenters. The topological polar surface area (TPSA) is 111 Å². The molecular weight excluding hydrogens is 479 g/mol. The molecule has 36 heavy (non-hydrogen) atoms. The highest BCUT2D eigenvalue weighted by molar-refractivity contribution is 5.98. The van der Waals surface area contributed by atoms with Crippen LogP contribution in [0.2, 0.25) is 0 Å². The Morgan fingerprint density at radius 2 is 1.94 bits per heavy atom. The first-order chi connectivity index (χ1) is 17.3. The maximum atomic E-state index is 13.3. The fraction of sp³-hybridized carbons (Fsp3) is 0.208. The summed E-state index contributed by atoms with van der Waals surface area (Å²) in [7, 11) is 1.15. The highest BCUT2D eigenvalue weighted by Gasteiger charge is 2.34. The maximum Gasteiger partial charge on any atom is 0.420 e. The number of halogens is 3. The zero-order valence-electron chi connectivity index (χ0n) is 19.0. The van der Waals surface area contributed by atoms with Crippen molar-refractivity contribution in [3.63, 3.8) is 0 Å². The van der Waals surface area contributed by atoms with Gasteiger partial charge in [0.15, 0.2) is 0 Å². The Morgan fingerprint density at radius 3 is 2.69 bits per heavy atom. The smallest absolute Gasteiger partial charge is 0.420 e. The van der Waals surface area contributed by atoms with E-state index in [0.29, 0.717) is 41.3 Å². The number of amides is 1. The third-order valence-corrected chi connectivity index (χ3v) is 5.15. The Kier molecular flexibility index (Phi) is 7.36. The van der Waals surface area contributed by atoms with Crippen molar-refractivity contribution in [2.45, 2.75) is 12.7 Å². The number of hydrogen-bond donors (Lipinski definition) is 3. The number of hydrogen-bond acceptors (Lipinski definition) is 7. The molecule has 0 aliphatic heterocycles. The third-order valence-electron chi connectivity index (χ3n) is 5.15. The zero-order valence-corrected chi connectivity index (χ0v) is 19.0. The quantitative estimate of drug-likeness (QED) is 0.307. The number of carbonyl (C=O) groups is 1. The molecule has 0 saturated heterocycles. The minimum Gasteiger partial charge on any atom is -0.496 e. The van der Waals surface area contributed by atoms with Gasteiger partial charge in [0.05, 0.1) is 30.5 Å². The molecule has 1 amide bonds. The standard InChI is InChI=1S/C24H22F3N5O4/c1-35-21-5-2-16(11-19(21)24(25,26)27)31-23(34)32-8-6-15-10-18(3-4-20(15)32)36-22-12-17(29-14-30-22)13-28-7-9-33/h2-6,8,10-12,14,28,33H,7,9,13H2,1H3,(H,31,34). The van der Waals surface area contributed by atoms with E-state index in [0.717, 1.165) is 19.2 Å². The second kappa shape index (κ2) is 10.6. The molecule has 0 saturated carbocycles. The molecule has 4 aromatic rings. The number of benzene rings is 2. The van der Waals surface area contributed by atoms with Crippen LogP contribution in [-0.4, -0.2) is 45.9 Å². The van der Waals surface area contributed by atoms with Crippen LogP contribution < -0.4 is 20.1 Å². The van der Waals surface area contributed by atoms with Gasteiger partial charge in [0.2, 0.25) is 5.88 Å². The summed E-state index contributed by atoms with van der Waals surface area (Å²) in [6, 6.07) is 11.0. The van der Waals surface area contributed by atoms with Gasteiger partial charge < -0.3 is 25.2 Å². The number of methoxy groups -OCH3 is 1. The molecule has 0 atom stereocenters. The Morgan fingerprint density at radius 1 is 1.11 bits per heavy atom. The van der Waals surface area contributed by atoms with Crippen LogP contribution in [0.4, 0.5) is 23.7 Å². The molecule has 0 spiro atoms. The summed E-state index contributed by atoms with van der Waals surface area (Å²) in [5.41, 5.74) is 0.201. The number of alkyl halides is 3. The largest absolute Gasteiger partial charge is 0.496 e. The molecule has 0 bridgehead atoms. The van der Waals surface area contributed by atoms with Crippen molar-refractivity contribution in [3.8, 4) is 17.4 Å². The third kappa shape index (κ3) is 5.73. The summed E-state index contributed by atoms with van der Waals surface area (Å²) < 4.78 is 51.7. The van der Waals surface area contributed by atoms with E-state index in [9.17, 15) is 18.0 Å². The SMILES string of the molecule is COc1ccc(NC(=O)n2ccc3cc(Oc4cc(CNCCO)ncn4)ccc32)cc1C(F)(F)F. The number of ether oxygens (including phenoxy) is 2. The number of aliphatic hydroxyl groups excluding tert-OH is 1. The minimum atomic E-state index is -4.64. The maximum absolute atomic E-state index is 13.3. The van der Waals surface area contributed by atoms with Crippen molar-refractivity contribution in [2.75, 3.05) is 25.6 Å². The molecule has 9 nitrogen and oxygen atoms in total. The molecule has 3 N–H and O–H groups in total. The molecule has 2 aromatic heterocycles. The second-order valence-electron chi connectivity index (χ2n) is 7.60. The molecule has 0 radical (unpaired) electrons. The molecule has 2 heterocycles. The summed E-state index contributed by atoms with van der Waals surface area (Å²) in [4.78, 5) is 21.0. The van der Waals surface area contributed by atoms with E-state index in [-0.39, 0.29) is 18.0 Å². The Balaban J connectivity index is 1.50. The van der Waals surface area contributed by atoms with Crippen LogP contribution in [0.5, 0.6) is 17.4 Å².